The first-order chi connectivity index (χ1) is 13.1. The molecule has 6 rings (SSSR count). The summed E-state index contributed by atoms with van der Waals surface area (Å²) in [5.41, 5.74) is 2.21. The Bertz CT molecular complexity index is 1060. The molecule has 27 heavy (non-hydrogen) atoms. The number of rotatable bonds is 1. The topological polar surface area (TPSA) is 88.5 Å². The third kappa shape index (κ3) is 1.69. The van der Waals surface area contributed by atoms with Crippen LogP contribution < -0.4 is 4.74 Å². The summed E-state index contributed by atoms with van der Waals surface area (Å²) in [6.45, 7) is 0. The van der Waals surface area contributed by atoms with E-state index in [1.807, 2.05) is 12.1 Å². The molecule has 2 aromatic rings. The molecule has 5 atom stereocenters. The van der Waals surface area contributed by atoms with Gasteiger partial charge in [-0.15, -0.1) is 0 Å². The number of hydrogen-bond donors (Lipinski definition) is 2. The van der Waals surface area contributed by atoms with Gasteiger partial charge in [-0.25, -0.2) is 0 Å². The maximum absolute atomic E-state index is 12.6. The molecule has 136 valence electrons. The quantitative estimate of drug-likeness (QED) is 0.755. The molecule has 2 N–H and O–H groups in total. The number of methoxy groups -OCH3 is 1. The van der Waals surface area contributed by atoms with Crippen LogP contribution in [0.2, 0.25) is 0 Å². The molecule has 5 unspecified atom stereocenters. The van der Waals surface area contributed by atoms with Crippen LogP contribution in [0.1, 0.15) is 44.8 Å². The van der Waals surface area contributed by atoms with E-state index in [0.29, 0.717) is 22.4 Å². The van der Waals surface area contributed by atoms with Gasteiger partial charge in [-0.2, -0.15) is 0 Å². The number of ether oxygens (including phenoxy) is 3. The van der Waals surface area contributed by atoms with Crippen molar-refractivity contribution in [2.24, 2.45) is 0 Å². The lowest BCUT2D eigenvalue weighted by molar-refractivity contribution is -0.0335. The predicted molar refractivity (Wildman–Crippen MR) is 92.8 cm³/mol. The number of aromatic hydroxyl groups is 1. The Balaban J connectivity index is 1.67. The monoisotopic (exact) mass is 364 g/mol. The number of allylic oxidation sites excluding steroid dienone is 1. The minimum absolute atomic E-state index is 0.0302. The average molecular weight is 364 g/mol. The number of aliphatic hydroxyl groups is 1. The fraction of sp³-hybridized carbons (Fsp3) is 0.286. The van der Waals surface area contributed by atoms with E-state index in [1.54, 1.807) is 24.3 Å². The number of aliphatic hydroxyl groups excluding tert-OH is 1. The minimum atomic E-state index is -0.985. The van der Waals surface area contributed by atoms with Crippen LogP contribution in [0.4, 0.5) is 0 Å². The number of epoxide rings is 1. The van der Waals surface area contributed by atoms with Gasteiger partial charge in [-0.05, 0) is 35.4 Å². The van der Waals surface area contributed by atoms with Gasteiger partial charge in [0.2, 0.25) is 0 Å². The first-order valence-electron chi connectivity index (χ1n) is 8.85. The van der Waals surface area contributed by atoms with Crippen molar-refractivity contribution in [3.8, 4) is 11.5 Å². The highest BCUT2D eigenvalue weighted by atomic mass is 16.6. The largest absolute Gasteiger partial charge is 0.508 e. The number of ketones is 1. The van der Waals surface area contributed by atoms with Gasteiger partial charge in [0.05, 0.1) is 12.7 Å². The van der Waals surface area contributed by atoms with Crippen LogP contribution in [-0.4, -0.2) is 35.3 Å². The molecular formula is C21H16O6. The van der Waals surface area contributed by atoms with Crippen molar-refractivity contribution in [3.63, 3.8) is 0 Å². The Labute approximate surface area is 154 Å². The summed E-state index contributed by atoms with van der Waals surface area (Å²) in [7, 11) is 1.53. The lowest BCUT2D eigenvalue weighted by Crippen LogP contribution is -2.31. The van der Waals surface area contributed by atoms with Crippen molar-refractivity contribution in [1.82, 2.24) is 0 Å². The summed E-state index contributed by atoms with van der Waals surface area (Å²) in [6, 6.07) is 8.80. The number of benzene rings is 2. The van der Waals surface area contributed by atoms with Crippen molar-refractivity contribution in [1.29, 1.82) is 0 Å². The highest BCUT2D eigenvalue weighted by molar-refractivity contribution is 6.09. The molecule has 1 fully saturated rings. The molecule has 2 aliphatic heterocycles. The van der Waals surface area contributed by atoms with E-state index < -0.39 is 17.8 Å². The molecule has 0 saturated carbocycles. The molecule has 0 amide bonds. The SMILES string of the molecule is COc1cccc2c1C(=O)C=CC21OC2c3c1ccc(O)c3C(O)C1OC21. The van der Waals surface area contributed by atoms with Gasteiger partial charge < -0.3 is 24.4 Å². The van der Waals surface area contributed by atoms with Gasteiger partial charge in [0.1, 0.15) is 41.5 Å². The van der Waals surface area contributed by atoms with E-state index in [0.717, 1.165) is 11.1 Å². The summed E-state index contributed by atoms with van der Waals surface area (Å²) in [6.07, 6.45) is 1.33. The molecule has 1 saturated heterocycles. The second kappa shape index (κ2) is 4.78. The van der Waals surface area contributed by atoms with Crippen LogP contribution in [0.25, 0.3) is 0 Å². The zero-order chi connectivity index (χ0) is 18.5. The fourth-order valence-corrected chi connectivity index (χ4v) is 4.89. The predicted octanol–water partition coefficient (Wildman–Crippen LogP) is 2.28. The van der Waals surface area contributed by atoms with Crippen molar-refractivity contribution in [2.45, 2.75) is 30.0 Å². The number of hydrogen-bond acceptors (Lipinski definition) is 6. The van der Waals surface area contributed by atoms with E-state index in [2.05, 4.69) is 0 Å². The van der Waals surface area contributed by atoms with E-state index in [9.17, 15) is 15.0 Å². The van der Waals surface area contributed by atoms with E-state index in [-0.39, 0.29) is 23.7 Å². The lowest BCUT2D eigenvalue weighted by atomic mass is 9.75. The number of carbonyl (C=O) groups is 1. The van der Waals surface area contributed by atoms with Gasteiger partial charge >= 0.3 is 0 Å². The Kier molecular flexibility index (Phi) is 2.73. The summed E-state index contributed by atoms with van der Waals surface area (Å²) >= 11 is 0. The van der Waals surface area contributed by atoms with Crippen LogP contribution in [0.5, 0.6) is 11.5 Å². The van der Waals surface area contributed by atoms with Crippen LogP contribution >= 0.6 is 0 Å². The maximum Gasteiger partial charge on any atom is 0.189 e. The Hall–Kier alpha value is -2.67. The van der Waals surface area contributed by atoms with Crippen LogP contribution in [0.15, 0.2) is 42.5 Å². The van der Waals surface area contributed by atoms with Crippen molar-refractivity contribution < 1.29 is 29.2 Å². The number of phenolic OH excluding ortho intramolecular Hbond substituents is 1. The number of carbonyl (C=O) groups excluding carboxylic acids is 1. The zero-order valence-electron chi connectivity index (χ0n) is 14.4. The van der Waals surface area contributed by atoms with Crippen LogP contribution in [0, 0.1) is 0 Å². The molecule has 1 spiro atoms. The number of fused-ring (bicyclic) bond motifs is 5. The second-order valence-electron chi connectivity index (χ2n) is 7.32. The van der Waals surface area contributed by atoms with E-state index >= 15 is 0 Å². The fourth-order valence-electron chi connectivity index (χ4n) is 4.89. The second-order valence-corrected chi connectivity index (χ2v) is 7.32. The molecule has 2 heterocycles. The third-order valence-corrected chi connectivity index (χ3v) is 6.09. The number of phenols is 1. The minimum Gasteiger partial charge on any atom is -0.508 e. The van der Waals surface area contributed by atoms with Crippen molar-refractivity contribution in [2.75, 3.05) is 7.11 Å². The molecule has 0 aromatic heterocycles. The zero-order valence-corrected chi connectivity index (χ0v) is 14.4. The maximum atomic E-state index is 12.6. The standard InChI is InChI=1S/C21H16O6/c1-25-13-4-2-3-9-14(13)12(23)7-8-21(9)10-5-6-11(22)16-15(10)18(27-21)20-19(26-20)17(16)24/h2-8,17-20,22,24H,1H3. The summed E-state index contributed by atoms with van der Waals surface area (Å²) in [4.78, 5) is 12.6. The Morgan fingerprint density at radius 2 is 1.96 bits per heavy atom. The molecule has 6 nitrogen and oxygen atoms in total. The molecule has 0 radical (unpaired) electrons. The lowest BCUT2D eigenvalue weighted by Gasteiger charge is -2.32. The molecule has 2 aliphatic carbocycles. The van der Waals surface area contributed by atoms with Crippen LogP contribution in [0.3, 0.4) is 0 Å². The first kappa shape index (κ1) is 15.4. The third-order valence-electron chi connectivity index (χ3n) is 6.09. The van der Waals surface area contributed by atoms with Crippen LogP contribution in [-0.2, 0) is 15.1 Å². The average Bonchev–Trinajstić information content (AvgIpc) is 3.42. The Morgan fingerprint density at radius 3 is 2.78 bits per heavy atom. The summed E-state index contributed by atoms with van der Waals surface area (Å²) in [5, 5.41) is 21.0. The summed E-state index contributed by atoms with van der Waals surface area (Å²) < 4.78 is 17.6. The van der Waals surface area contributed by atoms with E-state index in [1.165, 1.54) is 13.2 Å². The van der Waals surface area contributed by atoms with E-state index in [4.69, 9.17) is 14.2 Å². The van der Waals surface area contributed by atoms with Gasteiger partial charge in [-0.3, -0.25) is 4.79 Å². The first-order valence-corrected chi connectivity index (χ1v) is 8.85. The van der Waals surface area contributed by atoms with Gasteiger partial charge in [0.25, 0.3) is 0 Å². The smallest absolute Gasteiger partial charge is 0.189 e. The summed E-state index contributed by atoms with van der Waals surface area (Å²) in [5.74, 6) is 0.378. The highest BCUT2D eigenvalue weighted by Gasteiger charge is 2.63. The van der Waals surface area contributed by atoms with Gasteiger partial charge in [0.15, 0.2) is 5.78 Å². The van der Waals surface area contributed by atoms with Gasteiger partial charge in [0, 0.05) is 11.1 Å². The van der Waals surface area contributed by atoms with Crippen molar-refractivity contribution >= 4 is 5.78 Å². The molecule has 4 aliphatic rings. The molecule has 0 bridgehead atoms. The van der Waals surface area contributed by atoms with Crippen molar-refractivity contribution in [3.05, 3.63) is 70.3 Å². The normalized spacial score (nSPS) is 34.2. The highest BCUT2D eigenvalue weighted by Crippen LogP contribution is 2.62. The van der Waals surface area contributed by atoms with Gasteiger partial charge in [-0.1, -0.05) is 18.2 Å². The molecular weight excluding hydrogens is 348 g/mol. The Morgan fingerprint density at radius 1 is 1.11 bits per heavy atom. The molecule has 2 aromatic carbocycles. The molecule has 6 heteroatoms.